The molecule has 1 saturated heterocycles. The van der Waals surface area contributed by atoms with Crippen molar-refractivity contribution in [1.82, 2.24) is 19.4 Å². The van der Waals surface area contributed by atoms with Gasteiger partial charge in [-0.05, 0) is 24.3 Å². The van der Waals surface area contributed by atoms with Crippen molar-refractivity contribution in [3.8, 4) is 10.6 Å². The van der Waals surface area contributed by atoms with Crippen LogP contribution in [0, 0.1) is 0 Å². The fourth-order valence-electron chi connectivity index (χ4n) is 2.74. The van der Waals surface area contributed by atoms with Crippen molar-refractivity contribution in [2.75, 3.05) is 19.6 Å². The van der Waals surface area contributed by atoms with Gasteiger partial charge in [0, 0.05) is 39.3 Å². The van der Waals surface area contributed by atoms with Crippen LogP contribution < -0.4 is 4.72 Å². The van der Waals surface area contributed by atoms with E-state index in [0.29, 0.717) is 31.6 Å². The fourth-order valence-corrected chi connectivity index (χ4v) is 4.80. The lowest BCUT2D eigenvalue weighted by atomic mass is 10.3. The van der Waals surface area contributed by atoms with Crippen LogP contribution in [0.4, 0.5) is 0 Å². The summed E-state index contributed by atoms with van der Waals surface area (Å²) in [4.78, 5) is 14.3. The Bertz CT molecular complexity index is 812. The third-order valence-electron chi connectivity index (χ3n) is 3.91. The Hall–Kier alpha value is -1.71. The predicted molar refractivity (Wildman–Crippen MR) is 92.1 cm³/mol. The maximum atomic E-state index is 12.6. The Labute approximate surface area is 145 Å². The zero-order chi connectivity index (χ0) is 17.2. The fraction of sp³-hybridized carbons (Fsp3) is 0.467. The highest BCUT2D eigenvalue weighted by molar-refractivity contribution is 7.89. The lowest BCUT2D eigenvalue weighted by molar-refractivity contribution is -0.127. The van der Waals surface area contributed by atoms with E-state index in [1.807, 2.05) is 17.5 Å². The van der Waals surface area contributed by atoms with Crippen molar-refractivity contribution in [3.05, 3.63) is 23.7 Å². The van der Waals surface area contributed by atoms with E-state index in [9.17, 15) is 13.2 Å². The van der Waals surface area contributed by atoms with Gasteiger partial charge in [0.1, 0.15) is 10.6 Å². The number of likely N-dealkylation sites (tertiary alicyclic amines) is 1. The molecule has 0 aromatic carbocycles. The van der Waals surface area contributed by atoms with Crippen LogP contribution in [0.2, 0.25) is 0 Å². The smallest absolute Gasteiger partial charge is 0.244 e. The van der Waals surface area contributed by atoms with Gasteiger partial charge < -0.3 is 4.90 Å². The van der Waals surface area contributed by atoms with Crippen molar-refractivity contribution in [2.24, 2.45) is 7.05 Å². The number of nitrogens with zero attached hydrogens (tertiary/aromatic N) is 3. The summed E-state index contributed by atoms with van der Waals surface area (Å²) in [6.07, 6.45) is 3.61. The van der Waals surface area contributed by atoms with Crippen LogP contribution >= 0.6 is 11.3 Å². The minimum absolute atomic E-state index is 0.157. The quantitative estimate of drug-likeness (QED) is 0.750. The van der Waals surface area contributed by atoms with Gasteiger partial charge in [-0.25, -0.2) is 13.1 Å². The van der Waals surface area contributed by atoms with Gasteiger partial charge >= 0.3 is 0 Å². The van der Waals surface area contributed by atoms with Crippen molar-refractivity contribution in [1.29, 1.82) is 0 Å². The van der Waals surface area contributed by atoms with Crippen LogP contribution in [-0.2, 0) is 21.9 Å². The highest BCUT2D eigenvalue weighted by Gasteiger charge is 2.24. The van der Waals surface area contributed by atoms with Crippen LogP contribution in [-0.4, -0.2) is 48.6 Å². The van der Waals surface area contributed by atoms with E-state index in [2.05, 4.69) is 9.82 Å². The van der Waals surface area contributed by atoms with Gasteiger partial charge in [-0.2, -0.15) is 5.10 Å². The molecule has 0 bridgehead atoms. The Morgan fingerprint density at radius 3 is 2.92 bits per heavy atom. The number of thiophene rings is 1. The van der Waals surface area contributed by atoms with Crippen LogP contribution in [0.1, 0.15) is 19.3 Å². The first-order chi connectivity index (χ1) is 11.5. The average molecular weight is 368 g/mol. The standard InChI is InChI=1S/C15H20N4O3S2/c1-18-11-13(15(17-18)12-5-3-10-23-12)24(21,22)16-7-4-9-19-8-2-6-14(19)20/h3,5,10-11,16H,2,4,6-9H2,1H3. The summed E-state index contributed by atoms with van der Waals surface area (Å²) in [6.45, 7) is 1.66. The number of hydrogen-bond acceptors (Lipinski definition) is 5. The molecule has 1 fully saturated rings. The zero-order valence-electron chi connectivity index (χ0n) is 13.4. The highest BCUT2D eigenvalue weighted by Crippen LogP contribution is 2.29. The Morgan fingerprint density at radius 1 is 1.42 bits per heavy atom. The van der Waals surface area contributed by atoms with Gasteiger partial charge in [0.05, 0.1) is 4.88 Å². The maximum Gasteiger partial charge on any atom is 0.244 e. The molecule has 9 heteroatoms. The molecule has 0 saturated carbocycles. The van der Waals surface area contributed by atoms with Gasteiger partial charge in [-0.3, -0.25) is 9.48 Å². The van der Waals surface area contributed by atoms with Crippen molar-refractivity contribution in [2.45, 2.75) is 24.2 Å². The molecular formula is C15H20N4O3S2. The van der Waals surface area contributed by atoms with Crippen LogP contribution in [0.3, 0.4) is 0 Å². The zero-order valence-corrected chi connectivity index (χ0v) is 15.1. The molecule has 0 aliphatic carbocycles. The van der Waals surface area contributed by atoms with E-state index in [-0.39, 0.29) is 10.8 Å². The number of carbonyl (C=O) groups is 1. The lowest BCUT2D eigenvalue weighted by Crippen LogP contribution is -2.30. The second-order valence-corrected chi connectivity index (χ2v) is 8.41. The van der Waals surface area contributed by atoms with Crippen LogP contribution in [0.25, 0.3) is 10.6 Å². The second kappa shape index (κ2) is 7.04. The number of nitrogens with one attached hydrogen (secondary N) is 1. The number of aromatic nitrogens is 2. The number of amides is 1. The molecule has 3 heterocycles. The minimum atomic E-state index is -3.64. The van der Waals surface area contributed by atoms with Crippen molar-refractivity contribution >= 4 is 27.3 Å². The SMILES string of the molecule is Cn1cc(S(=O)(=O)NCCCN2CCCC2=O)c(-c2cccs2)n1. The molecule has 1 aliphatic rings. The molecule has 7 nitrogen and oxygen atoms in total. The van der Waals surface area contributed by atoms with E-state index >= 15 is 0 Å². The van der Waals surface area contributed by atoms with Crippen molar-refractivity contribution < 1.29 is 13.2 Å². The Balaban J connectivity index is 1.64. The maximum absolute atomic E-state index is 12.6. The molecule has 1 amide bonds. The normalized spacial score (nSPS) is 15.4. The van der Waals surface area contributed by atoms with E-state index in [0.717, 1.165) is 17.8 Å². The van der Waals surface area contributed by atoms with Crippen LogP contribution in [0.5, 0.6) is 0 Å². The minimum Gasteiger partial charge on any atom is -0.343 e. The predicted octanol–water partition coefficient (Wildman–Crippen LogP) is 1.44. The molecule has 130 valence electrons. The highest BCUT2D eigenvalue weighted by atomic mass is 32.2. The van der Waals surface area contributed by atoms with Crippen molar-refractivity contribution in [3.63, 3.8) is 0 Å². The van der Waals surface area contributed by atoms with Crippen LogP contribution in [0.15, 0.2) is 28.6 Å². The molecule has 1 N–H and O–H groups in total. The van der Waals surface area contributed by atoms with E-state index in [1.54, 1.807) is 11.9 Å². The molecule has 0 unspecified atom stereocenters. The molecule has 24 heavy (non-hydrogen) atoms. The van der Waals surface area contributed by atoms with E-state index in [1.165, 1.54) is 22.2 Å². The number of hydrogen-bond donors (Lipinski definition) is 1. The average Bonchev–Trinajstić information content (AvgIpc) is 3.24. The summed E-state index contributed by atoms with van der Waals surface area (Å²) >= 11 is 1.45. The molecular weight excluding hydrogens is 348 g/mol. The third-order valence-corrected chi connectivity index (χ3v) is 6.25. The van der Waals surface area contributed by atoms with Gasteiger partial charge in [0.25, 0.3) is 0 Å². The van der Waals surface area contributed by atoms with E-state index < -0.39 is 10.0 Å². The molecule has 3 rings (SSSR count). The first kappa shape index (κ1) is 17.1. The summed E-state index contributed by atoms with van der Waals surface area (Å²) in [5, 5.41) is 6.17. The summed E-state index contributed by atoms with van der Waals surface area (Å²) < 4.78 is 29.3. The molecule has 0 radical (unpaired) electrons. The summed E-state index contributed by atoms with van der Waals surface area (Å²) in [5.74, 6) is 0.157. The second-order valence-electron chi connectivity index (χ2n) is 5.73. The monoisotopic (exact) mass is 368 g/mol. The summed E-state index contributed by atoms with van der Waals surface area (Å²) in [7, 11) is -1.93. The number of rotatable bonds is 7. The summed E-state index contributed by atoms with van der Waals surface area (Å²) in [6, 6.07) is 3.72. The molecule has 2 aromatic heterocycles. The Morgan fingerprint density at radius 2 is 2.25 bits per heavy atom. The molecule has 0 atom stereocenters. The van der Waals surface area contributed by atoms with Gasteiger partial charge in [0.2, 0.25) is 15.9 Å². The Kier molecular flexibility index (Phi) is 5.02. The van der Waals surface area contributed by atoms with E-state index in [4.69, 9.17) is 0 Å². The molecule has 2 aromatic rings. The molecule has 0 spiro atoms. The first-order valence-electron chi connectivity index (χ1n) is 7.82. The number of carbonyl (C=O) groups excluding carboxylic acids is 1. The van der Waals surface area contributed by atoms with Gasteiger partial charge in [-0.1, -0.05) is 6.07 Å². The lowest BCUT2D eigenvalue weighted by Gasteiger charge is -2.15. The van der Waals surface area contributed by atoms with Gasteiger partial charge in [-0.15, -0.1) is 11.3 Å². The number of aryl methyl sites for hydroxylation is 1. The van der Waals surface area contributed by atoms with Gasteiger partial charge in [0.15, 0.2) is 0 Å². The third kappa shape index (κ3) is 3.68. The topological polar surface area (TPSA) is 84.3 Å². The first-order valence-corrected chi connectivity index (χ1v) is 10.2. The largest absolute Gasteiger partial charge is 0.343 e. The molecule has 1 aliphatic heterocycles. The summed E-state index contributed by atoms with van der Waals surface area (Å²) in [5.41, 5.74) is 0.467. The number of sulfonamides is 1.